The topological polar surface area (TPSA) is 49.3 Å². The average molecular weight is 280 g/mol. The van der Waals surface area contributed by atoms with Crippen LogP contribution in [-0.4, -0.2) is 11.1 Å². The SMILES string of the molecule is O=C(O)C(Nc1ccccc1F)c1ccccc1Cl. The number of carboxylic acids is 1. The Hall–Kier alpha value is -2.07. The van der Waals surface area contributed by atoms with Crippen LogP contribution in [0, 0.1) is 5.82 Å². The first-order valence-electron chi connectivity index (χ1n) is 5.58. The fourth-order valence-corrected chi connectivity index (χ4v) is 1.96. The second-order valence-electron chi connectivity index (χ2n) is 3.92. The van der Waals surface area contributed by atoms with Crippen LogP contribution < -0.4 is 5.32 Å². The molecule has 0 amide bonds. The van der Waals surface area contributed by atoms with E-state index in [1.807, 2.05) is 0 Å². The summed E-state index contributed by atoms with van der Waals surface area (Å²) in [7, 11) is 0. The molecule has 98 valence electrons. The largest absolute Gasteiger partial charge is 0.479 e. The molecule has 2 aromatic carbocycles. The van der Waals surface area contributed by atoms with Crippen molar-refractivity contribution in [3.8, 4) is 0 Å². The number of benzene rings is 2. The number of para-hydroxylation sites is 1. The summed E-state index contributed by atoms with van der Waals surface area (Å²) in [5.41, 5.74) is 0.509. The molecule has 0 heterocycles. The average Bonchev–Trinajstić information content (AvgIpc) is 2.38. The summed E-state index contributed by atoms with van der Waals surface area (Å²) in [6.07, 6.45) is 0. The molecule has 1 unspecified atom stereocenters. The molecule has 2 aromatic rings. The van der Waals surface area contributed by atoms with Crippen LogP contribution in [0.2, 0.25) is 5.02 Å². The summed E-state index contributed by atoms with van der Waals surface area (Å²) < 4.78 is 13.5. The van der Waals surface area contributed by atoms with Gasteiger partial charge in [0.1, 0.15) is 5.82 Å². The van der Waals surface area contributed by atoms with E-state index >= 15 is 0 Å². The third-order valence-electron chi connectivity index (χ3n) is 2.64. The molecule has 0 aliphatic rings. The number of aliphatic carboxylic acids is 1. The maximum atomic E-state index is 13.5. The minimum absolute atomic E-state index is 0.120. The highest BCUT2D eigenvalue weighted by Crippen LogP contribution is 2.27. The fraction of sp³-hybridized carbons (Fsp3) is 0.0714. The summed E-state index contributed by atoms with van der Waals surface area (Å²) in [5, 5.41) is 12.2. The Bertz CT molecular complexity index is 604. The van der Waals surface area contributed by atoms with Crippen molar-refractivity contribution in [1.82, 2.24) is 0 Å². The molecular weight excluding hydrogens is 269 g/mol. The minimum Gasteiger partial charge on any atom is -0.479 e. The summed E-state index contributed by atoms with van der Waals surface area (Å²) in [6.45, 7) is 0. The number of rotatable bonds is 4. The monoisotopic (exact) mass is 279 g/mol. The van der Waals surface area contributed by atoms with Crippen molar-refractivity contribution in [3.63, 3.8) is 0 Å². The van der Waals surface area contributed by atoms with E-state index in [1.165, 1.54) is 18.2 Å². The lowest BCUT2D eigenvalue weighted by Crippen LogP contribution is -2.21. The van der Waals surface area contributed by atoms with Crippen molar-refractivity contribution in [2.75, 3.05) is 5.32 Å². The van der Waals surface area contributed by atoms with Gasteiger partial charge in [0.2, 0.25) is 0 Å². The molecule has 0 fully saturated rings. The highest BCUT2D eigenvalue weighted by atomic mass is 35.5. The molecule has 0 radical (unpaired) electrons. The highest BCUT2D eigenvalue weighted by molar-refractivity contribution is 6.31. The molecule has 5 heteroatoms. The zero-order chi connectivity index (χ0) is 13.8. The quantitative estimate of drug-likeness (QED) is 0.897. The molecule has 0 saturated heterocycles. The lowest BCUT2D eigenvalue weighted by Gasteiger charge is -2.17. The van der Waals surface area contributed by atoms with Crippen LogP contribution in [0.15, 0.2) is 48.5 Å². The van der Waals surface area contributed by atoms with Crippen molar-refractivity contribution < 1.29 is 14.3 Å². The molecule has 0 spiro atoms. The van der Waals surface area contributed by atoms with Crippen molar-refractivity contribution in [1.29, 1.82) is 0 Å². The molecule has 19 heavy (non-hydrogen) atoms. The van der Waals surface area contributed by atoms with Gasteiger partial charge in [-0.25, -0.2) is 9.18 Å². The Labute approximate surface area is 114 Å². The lowest BCUT2D eigenvalue weighted by molar-refractivity contribution is -0.138. The predicted molar refractivity (Wildman–Crippen MR) is 71.9 cm³/mol. The third kappa shape index (κ3) is 3.03. The molecular formula is C14H11ClFNO2. The fourth-order valence-electron chi connectivity index (χ4n) is 1.72. The van der Waals surface area contributed by atoms with E-state index in [0.717, 1.165) is 0 Å². The van der Waals surface area contributed by atoms with Gasteiger partial charge in [0.15, 0.2) is 6.04 Å². The number of nitrogens with one attached hydrogen (secondary N) is 1. The maximum absolute atomic E-state index is 13.5. The number of carbonyl (C=O) groups is 1. The van der Waals surface area contributed by atoms with Crippen LogP contribution in [0.25, 0.3) is 0 Å². The van der Waals surface area contributed by atoms with Crippen LogP contribution in [0.4, 0.5) is 10.1 Å². The van der Waals surface area contributed by atoms with Crippen molar-refractivity contribution >= 4 is 23.3 Å². The summed E-state index contributed by atoms with van der Waals surface area (Å²) >= 11 is 5.97. The Morgan fingerprint density at radius 2 is 1.79 bits per heavy atom. The van der Waals surface area contributed by atoms with Gasteiger partial charge in [0, 0.05) is 10.6 Å². The second-order valence-corrected chi connectivity index (χ2v) is 4.32. The summed E-state index contributed by atoms with van der Waals surface area (Å²) in [4.78, 5) is 11.3. The normalized spacial score (nSPS) is 11.9. The minimum atomic E-state index is -1.13. The van der Waals surface area contributed by atoms with Crippen LogP contribution in [-0.2, 0) is 4.79 Å². The first-order valence-corrected chi connectivity index (χ1v) is 5.95. The zero-order valence-corrected chi connectivity index (χ0v) is 10.6. The number of hydrogen-bond donors (Lipinski definition) is 2. The van der Waals surface area contributed by atoms with E-state index in [4.69, 9.17) is 11.6 Å². The second kappa shape index (κ2) is 5.71. The number of anilines is 1. The Balaban J connectivity index is 2.35. The van der Waals surface area contributed by atoms with Gasteiger partial charge in [-0.15, -0.1) is 0 Å². The number of hydrogen-bond acceptors (Lipinski definition) is 2. The Morgan fingerprint density at radius 3 is 2.42 bits per heavy atom. The van der Waals surface area contributed by atoms with Gasteiger partial charge >= 0.3 is 5.97 Å². The molecule has 0 aliphatic carbocycles. The molecule has 0 bridgehead atoms. The lowest BCUT2D eigenvalue weighted by atomic mass is 10.1. The van der Waals surface area contributed by atoms with E-state index in [2.05, 4.69) is 5.32 Å². The van der Waals surface area contributed by atoms with Gasteiger partial charge in [-0.3, -0.25) is 0 Å². The van der Waals surface area contributed by atoms with Crippen LogP contribution >= 0.6 is 11.6 Å². The van der Waals surface area contributed by atoms with Gasteiger partial charge in [0.25, 0.3) is 0 Å². The van der Waals surface area contributed by atoms with Crippen LogP contribution in [0.1, 0.15) is 11.6 Å². The summed E-state index contributed by atoms with van der Waals surface area (Å²) in [5.74, 6) is -1.64. The first-order chi connectivity index (χ1) is 9.09. The van der Waals surface area contributed by atoms with E-state index in [0.29, 0.717) is 10.6 Å². The van der Waals surface area contributed by atoms with Crippen LogP contribution in [0.5, 0.6) is 0 Å². The van der Waals surface area contributed by atoms with Gasteiger partial charge in [-0.1, -0.05) is 41.9 Å². The Morgan fingerprint density at radius 1 is 1.16 bits per heavy atom. The van der Waals surface area contributed by atoms with E-state index in [-0.39, 0.29) is 5.69 Å². The first kappa shape index (κ1) is 13.4. The molecule has 3 nitrogen and oxygen atoms in total. The highest BCUT2D eigenvalue weighted by Gasteiger charge is 2.22. The van der Waals surface area contributed by atoms with Crippen LogP contribution in [0.3, 0.4) is 0 Å². The van der Waals surface area contributed by atoms with Gasteiger partial charge in [-0.05, 0) is 18.2 Å². The van der Waals surface area contributed by atoms with Gasteiger partial charge in [-0.2, -0.15) is 0 Å². The molecule has 2 N–H and O–H groups in total. The van der Waals surface area contributed by atoms with E-state index in [1.54, 1.807) is 30.3 Å². The number of carboxylic acid groups (broad SMARTS) is 1. The van der Waals surface area contributed by atoms with Gasteiger partial charge in [0.05, 0.1) is 5.69 Å². The van der Waals surface area contributed by atoms with Crippen molar-refractivity contribution in [3.05, 3.63) is 64.9 Å². The molecule has 0 aliphatic heterocycles. The van der Waals surface area contributed by atoms with Crippen molar-refractivity contribution in [2.24, 2.45) is 0 Å². The summed E-state index contributed by atoms with van der Waals surface area (Å²) in [6, 6.07) is 11.3. The zero-order valence-electron chi connectivity index (χ0n) is 9.81. The van der Waals surface area contributed by atoms with Gasteiger partial charge < -0.3 is 10.4 Å². The molecule has 1 atom stereocenters. The van der Waals surface area contributed by atoms with E-state index < -0.39 is 17.8 Å². The molecule has 2 rings (SSSR count). The van der Waals surface area contributed by atoms with E-state index in [9.17, 15) is 14.3 Å². The molecule has 0 aromatic heterocycles. The predicted octanol–water partition coefficient (Wildman–Crippen LogP) is 3.72. The number of halogens is 2. The van der Waals surface area contributed by atoms with Crippen molar-refractivity contribution in [2.45, 2.75) is 6.04 Å². The third-order valence-corrected chi connectivity index (χ3v) is 2.98. The maximum Gasteiger partial charge on any atom is 0.330 e. The smallest absolute Gasteiger partial charge is 0.330 e. The Kier molecular flexibility index (Phi) is 4.02. The molecule has 0 saturated carbocycles. The standard InChI is InChI=1S/C14H11ClFNO2/c15-10-6-2-1-5-9(10)13(14(18)19)17-12-8-4-3-7-11(12)16/h1-8,13,17H,(H,18,19).